The van der Waals surface area contributed by atoms with Gasteiger partial charge in [0.25, 0.3) is 0 Å². The summed E-state index contributed by atoms with van der Waals surface area (Å²) in [7, 11) is 0. The van der Waals surface area contributed by atoms with Crippen molar-refractivity contribution in [3.63, 3.8) is 0 Å². The van der Waals surface area contributed by atoms with Crippen molar-refractivity contribution in [1.82, 2.24) is 0 Å². The molecular weight excluding hydrogens is 248 g/mol. The molecule has 0 saturated carbocycles. The number of hydrogen-bond acceptors (Lipinski definition) is 2. The Hall–Kier alpha value is -1.54. The van der Waals surface area contributed by atoms with Crippen LogP contribution in [0.15, 0.2) is 24.3 Å². The second-order valence-electron chi connectivity index (χ2n) is 5.99. The van der Waals surface area contributed by atoms with Gasteiger partial charge in [0.1, 0.15) is 18.0 Å². The second kappa shape index (κ2) is 4.78. The molecule has 2 aromatic carbocycles. The van der Waals surface area contributed by atoms with Gasteiger partial charge in [-0.15, -0.1) is 0 Å². The summed E-state index contributed by atoms with van der Waals surface area (Å²) in [6.07, 6.45) is 2.85. The van der Waals surface area contributed by atoms with Gasteiger partial charge in [0.05, 0.1) is 0 Å². The molecule has 2 nitrogen and oxygen atoms in total. The van der Waals surface area contributed by atoms with Gasteiger partial charge in [-0.3, -0.25) is 0 Å². The van der Waals surface area contributed by atoms with Crippen molar-refractivity contribution in [3.8, 4) is 5.75 Å². The molecule has 3 rings (SSSR count). The number of ether oxygens (including phenoxy) is 1. The van der Waals surface area contributed by atoms with E-state index in [1.165, 1.54) is 10.9 Å². The van der Waals surface area contributed by atoms with Crippen LogP contribution >= 0.6 is 0 Å². The molecule has 1 N–H and O–H groups in total. The predicted octanol–water partition coefficient (Wildman–Crippen LogP) is 4.23. The Morgan fingerprint density at radius 3 is 2.65 bits per heavy atom. The van der Waals surface area contributed by atoms with Gasteiger partial charge >= 0.3 is 0 Å². The number of benzene rings is 2. The van der Waals surface area contributed by atoms with Gasteiger partial charge in [-0.2, -0.15) is 0 Å². The standard InChI is InChI=1S/C18H22O2/c1-4-5-10-18(19)11-20-17-13(3)6-8-14-12(2)7-9-15(18)16(14)17/h6-9,19H,4-5,10-11H2,1-3H3. The fourth-order valence-electron chi connectivity index (χ4n) is 3.18. The average Bonchev–Trinajstić information content (AvgIpc) is 2.44. The molecule has 0 aliphatic carbocycles. The highest BCUT2D eigenvalue weighted by molar-refractivity contribution is 5.96. The van der Waals surface area contributed by atoms with Crippen molar-refractivity contribution < 1.29 is 9.84 Å². The molecule has 1 unspecified atom stereocenters. The second-order valence-corrected chi connectivity index (χ2v) is 5.99. The lowest BCUT2D eigenvalue weighted by Crippen LogP contribution is -2.36. The fraction of sp³-hybridized carbons (Fsp3) is 0.444. The van der Waals surface area contributed by atoms with Crippen LogP contribution in [0.5, 0.6) is 5.75 Å². The smallest absolute Gasteiger partial charge is 0.130 e. The maximum Gasteiger partial charge on any atom is 0.130 e. The predicted molar refractivity (Wildman–Crippen MR) is 82.3 cm³/mol. The zero-order chi connectivity index (χ0) is 14.3. The highest BCUT2D eigenvalue weighted by Gasteiger charge is 2.36. The Morgan fingerprint density at radius 2 is 1.90 bits per heavy atom. The molecule has 1 aliphatic rings. The number of aliphatic hydroxyl groups is 1. The van der Waals surface area contributed by atoms with Gasteiger partial charge in [-0.25, -0.2) is 0 Å². The molecule has 1 heterocycles. The van der Waals surface area contributed by atoms with E-state index in [-0.39, 0.29) is 0 Å². The van der Waals surface area contributed by atoms with E-state index >= 15 is 0 Å². The minimum Gasteiger partial charge on any atom is -0.489 e. The van der Waals surface area contributed by atoms with E-state index in [0.717, 1.165) is 41.5 Å². The summed E-state index contributed by atoms with van der Waals surface area (Å²) >= 11 is 0. The number of unbranched alkanes of at least 4 members (excludes halogenated alkanes) is 1. The van der Waals surface area contributed by atoms with E-state index in [1.807, 2.05) is 0 Å². The molecule has 0 bridgehead atoms. The Balaban J connectivity index is 2.27. The number of rotatable bonds is 3. The van der Waals surface area contributed by atoms with Crippen LogP contribution in [0.3, 0.4) is 0 Å². The van der Waals surface area contributed by atoms with Gasteiger partial charge in [0, 0.05) is 5.39 Å². The van der Waals surface area contributed by atoms with Crippen molar-refractivity contribution in [2.24, 2.45) is 0 Å². The van der Waals surface area contributed by atoms with Crippen LogP contribution in [0.25, 0.3) is 10.8 Å². The molecule has 0 saturated heterocycles. The first-order valence-electron chi connectivity index (χ1n) is 7.45. The summed E-state index contributed by atoms with van der Waals surface area (Å²) in [4.78, 5) is 0. The van der Waals surface area contributed by atoms with E-state index in [1.54, 1.807) is 0 Å². The van der Waals surface area contributed by atoms with Gasteiger partial charge in [-0.1, -0.05) is 44.0 Å². The first-order valence-corrected chi connectivity index (χ1v) is 7.45. The van der Waals surface area contributed by atoms with Crippen molar-refractivity contribution in [2.75, 3.05) is 6.61 Å². The summed E-state index contributed by atoms with van der Waals surface area (Å²) in [6, 6.07) is 8.44. The normalized spacial score (nSPS) is 21.0. The minimum atomic E-state index is -0.844. The van der Waals surface area contributed by atoms with Gasteiger partial charge < -0.3 is 9.84 Å². The van der Waals surface area contributed by atoms with Crippen molar-refractivity contribution >= 4 is 10.8 Å². The lowest BCUT2D eigenvalue weighted by molar-refractivity contribution is -0.0224. The first-order chi connectivity index (χ1) is 9.57. The molecule has 20 heavy (non-hydrogen) atoms. The lowest BCUT2D eigenvalue weighted by atomic mass is 9.82. The van der Waals surface area contributed by atoms with Crippen LogP contribution in [0, 0.1) is 13.8 Å². The number of aryl methyl sites for hydroxylation is 2. The Kier molecular flexibility index (Phi) is 3.21. The Morgan fingerprint density at radius 1 is 1.15 bits per heavy atom. The average molecular weight is 270 g/mol. The van der Waals surface area contributed by atoms with E-state index in [0.29, 0.717) is 6.61 Å². The molecule has 0 aromatic heterocycles. The molecular formula is C18H22O2. The van der Waals surface area contributed by atoms with Crippen LogP contribution in [0.1, 0.15) is 42.9 Å². The van der Waals surface area contributed by atoms with E-state index in [9.17, 15) is 5.11 Å². The summed E-state index contributed by atoms with van der Waals surface area (Å²) in [5, 5.41) is 13.3. The van der Waals surface area contributed by atoms with Gasteiger partial charge in [-0.05, 0) is 42.3 Å². The van der Waals surface area contributed by atoms with Crippen molar-refractivity contribution in [3.05, 3.63) is 41.0 Å². The van der Waals surface area contributed by atoms with Crippen molar-refractivity contribution in [2.45, 2.75) is 45.6 Å². The third-order valence-corrected chi connectivity index (χ3v) is 4.45. The molecule has 1 atom stereocenters. The molecule has 0 spiro atoms. The molecule has 2 heteroatoms. The maximum atomic E-state index is 11.0. The molecule has 0 radical (unpaired) electrons. The third kappa shape index (κ3) is 1.90. The van der Waals surface area contributed by atoms with Crippen LogP contribution in [0.2, 0.25) is 0 Å². The van der Waals surface area contributed by atoms with E-state index in [2.05, 4.69) is 45.0 Å². The zero-order valence-electron chi connectivity index (χ0n) is 12.5. The molecule has 106 valence electrons. The summed E-state index contributed by atoms with van der Waals surface area (Å²) in [5.74, 6) is 0.947. The monoisotopic (exact) mass is 270 g/mol. The van der Waals surface area contributed by atoms with Crippen LogP contribution < -0.4 is 4.74 Å². The van der Waals surface area contributed by atoms with Crippen LogP contribution in [-0.2, 0) is 5.60 Å². The molecule has 2 aromatic rings. The molecule has 0 amide bonds. The van der Waals surface area contributed by atoms with Crippen LogP contribution in [0.4, 0.5) is 0 Å². The Labute approximate surface area is 120 Å². The summed E-state index contributed by atoms with van der Waals surface area (Å²) in [5.41, 5.74) is 2.56. The quantitative estimate of drug-likeness (QED) is 0.904. The maximum absolute atomic E-state index is 11.0. The topological polar surface area (TPSA) is 29.5 Å². The van der Waals surface area contributed by atoms with Gasteiger partial charge in [0.15, 0.2) is 0 Å². The summed E-state index contributed by atoms with van der Waals surface area (Å²) < 4.78 is 5.94. The minimum absolute atomic E-state index is 0.364. The molecule has 0 fully saturated rings. The largest absolute Gasteiger partial charge is 0.489 e. The fourth-order valence-corrected chi connectivity index (χ4v) is 3.18. The third-order valence-electron chi connectivity index (χ3n) is 4.45. The lowest BCUT2D eigenvalue weighted by Gasteiger charge is -2.35. The van der Waals surface area contributed by atoms with E-state index in [4.69, 9.17) is 4.74 Å². The van der Waals surface area contributed by atoms with Gasteiger partial charge in [0.2, 0.25) is 0 Å². The van der Waals surface area contributed by atoms with Crippen molar-refractivity contribution in [1.29, 1.82) is 0 Å². The number of hydrogen-bond donors (Lipinski definition) is 1. The molecule has 1 aliphatic heterocycles. The highest BCUT2D eigenvalue weighted by atomic mass is 16.5. The first kappa shape index (κ1) is 13.4. The van der Waals surface area contributed by atoms with Crippen LogP contribution in [-0.4, -0.2) is 11.7 Å². The zero-order valence-corrected chi connectivity index (χ0v) is 12.5. The Bertz CT molecular complexity index is 660. The summed E-state index contributed by atoms with van der Waals surface area (Å²) in [6.45, 7) is 6.69. The SMILES string of the molecule is CCCCC1(O)COc2c(C)ccc3c(C)ccc1c23. The van der Waals surface area contributed by atoms with E-state index < -0.39 is 5.60 Å². The highest BCUT2D eigenvalue weighted by Crippen LogP contribution is 2.44.